The SMILES string of the molecule is CP(C)(=O)c1ccccc1Nc1cc(Nc2cc(C3CCNC3)ccn2)ncc1Cl. The Bertz CT molecular complexity index is 1090. The van der Waals surface area contributed by atoms with E-state index in [4.69, 9.17) is 11.6 Å². The summed E-state index contributed by atoms with van der Waals surface area (Å²) in [6.45, 7) is 5.56. The molecule has 4 rings (SSSR count). The first kappa shape index (κ1) is 20.9. The molecule has 3 heterocycles. The molecular formula is C22H25ClN5OP. The quantitative estimate of drug-likeness (QED) is 0.470. The second-order valence-corrected chi connectivity index (χ2v) is 11.4. The smallest absolute Gasteiger partial charge is 0.133 e. The van der Waals surface area contributed by atoms with Gasteiger partial charge in [-0.2, -0.15) is 0 Å². The predicted octanol–water partition coefficient (Wildman–Crippen LogP) is 4.94. The topological polar surface area (TPSA) is 78.9 Å². The number of aromatic nitrogens is 2. The van der Waals surface area contributed by atoms with E-state index < -0.39 is 7.14 Å². The lowest BCUT2D eigenvalue weighted by atomic mass is 10.00. The maximum atomic E-state index is 12.7. The van der Waals surface area contributed by atoms with Crippen LogP contribution in [0, 0.1) is 0 Å². The Hall–Kier alpha value is -2.40. The molecular weight excluding hydrogens is 417 g/mol. The van der Waals surface area contributed by atoms with Gasteiger partial charge in [-0.15, -0.1) is 0 Å². The molecule has 0 amide bonds. The molecule has 0 aliphatic carbocycles. The molecule has 1 aliphatic heterocycles. The van der Waals surface area contributed by atoms with Gasteiger partial charge in [0, 0.05) is 29.8 Å². The van der Waals surface area contributed by atoms with E-state index in [1.54, 1.807) is 19.5 Å². The molecule has 3 N–H and O–H groups in total. The number of benzene rings is 1. The van der Waals surface area contributed by atoms with E-state index in [1.807, 2.05) is 36.5 Å². The minimum absolute atomic E-state index is 0.483. The van der Waals surface area contributed by atoms with Crippen molar-refractivity contribution in [1.29, 1.82) is 0 Å². The average Bonchev–Trinajstić information content (AvgIpc) is 3.25. The van der Waals surface area contributed by atoms with Crippen LogP contribution in [-0.4, -0.2) is 36.4 Å². The zero-order valence-electron chi connectivity index (χ0n) is 17.0. The predicted molar refractivity (Wildman–Crippen MR) is 126 cm³/mol. The highest BCUT2D eigenvalue weighted by Gasteiger charge is 2.18. The second kappa shape index (κ2) is 8.76. The molecule has 1 saturated heterocycles. The Morgan fingerprint density at radius 1 is 1.07 bits per heavy atom. The van der Waals surface area contributed by atoms with Crippen LogP contribution in [0.15, 0.2) is 54.9 Å². The number of rotatable bonds is 6. The van der Waals surface area contributed by atoms with E-state index in [2.05, 4.69) is 38.1 Å². The van der Waals surface area contributed by atoms with E-state index >= 15 is 0 Å². The van der Waals surface area contributed by atoms with Crippen LogP contribution in [0.2, 0.25) is 5.02 Å². The summed E-state index contributed by atoms with van der Waals surface area (Å²) < 4.78 is 12.7. The van der Waals surface area contributed by atoms with Crippen LogP contribution in [0.5, 0.6) is 0 Å². The van der Waals surface area contributed by atoms with Gasteiger partial charge in [0.2, 0.25) is 0 Å². The van der Waals surface area contributed by atoms with E-state index in [-0.39, 0.29) is 0 Å². The maximum absolute atomic E-state index is 12.7. The number of pyridine rings is 2. The van der Waals surface area contributed by atoms with Gasteiger partial charge in [-0.25, -0.2) is 9.97 Å². The molecule has 2 aromatic heterocycles. The highest BCUT2D eigenvalue weighted by molar-refractivity contribution is 7.70. The van der Waals surface area contributed by atoms with Crippen LogP contribution in [-0.2, 0) is 4.57 Å². The van der Waals surface area contributed by atoms with Crippen LogP contribution in [0.3, 0.4) is 0 Å². The Morgan fingerprint density at radius 3 is 2.63 bits per heavy atom. The van der Waals surface area contributed by atoms with Crippen molar-refractivity contribution in [2.45, 2.75) is 12.3 Å². The fourth-order valence-corrected chi connectivity index (χ4v) is 4.94. The monoisotopic (exact) mass is 441 g/mol. The normalized spacial score (nSPS) is 16.4. The van der Waals surface area contributed by atoms with Crippen LogP contribution in [0.1, 0.15) is 17.9 Å². The van der Waals surface area contributed by atoms with Crippen LogP contribution < -0.4 is 21.3 Å². The van der Waals surface area contributed by atoms with Crippen LogP contribution in [0.25, 0.3) is 0 Å². The van der Waals surface area contributed by atoms with Crippen molar-refractivity contribution in [2.24, 2.45) is 0 Å². The molecule has 30 heavy (non-hydrogen) atoms. The molecule has 1 unspecified atom stereocenters. The van der Waals surface area contributed by atoms with E-state index in [9.17, 15) is 4.57 Å². The Labute approximate surface area is 181 Å². The Kier molecular flexibility index (Phi) is 6.09. The van der Waals surface area contributed by atoms with Crippen molar-refractivity contribution in [3.8, 4) is 0 Å². The summed E-state index contributed by atoms with van der Waals surface area (Å²) in [5.74, 6) is 1.89. The molecule has 1 aromatic carbocycles. The van der Waals surface area contributed by atoms with Crippen molar-refractivity contribution in [2.75, 3.05) is 37.1 Å². The van der Waals surface area contributed by atoms with Crippen molar-refractivity contribution >= 4 is 47.1 Å². The molecule has 8 heteroatoms. The molecule has 1 fully saturated rings. The highest BCUT2D eigenvalue weighted by atomic mass is 35.5. The van der Waals surface area contributed by atoms with Gasteiger partial charge in [0.05, 0.1) is 16.9 Å². The van der Waals surface area contributed by atoms with Gasteiger partial charge in [-0.1, -0.05) is 23.7 Å². The fourth-order valence-electron chi connectivity index (χ4n) is 3.64. The summed E-state index contributed by atoms with van der Waals surface area (Å²) >= 11 is 6.38. The van der Waals surface area contributed by atoms with Gasteiger partial charge in [-0.3, -0.25) is 0 Å². The third-order valence-corrected chi connectivity index (χ3v) is 7.03. The second-order valence-electron chi connectivity index (χ2n) is 7.83. The van der Waals surface area contributed by atoms with Gasteiger partial charge in [-0.05, 0) is 62.0 Å². The number of halogens is 1. The summed E-state index contributed by atoms with van der Waals surface area (Å²) in [5, 5.41) is 11.2. The van der Waals surface area contributed by atoms with Crippen molar-refractivity contribution < 1.29 is 4.57 Å². The summed E-state index contributed by atoms with van der Waals surface area (Å²) in [7, 11) is -2.44. The number of nitrogens with zero attached hydrogens (tertiary/aromatic N) is 2. The molecule has 1 atom stereocenters. The lowest BCUT2D eigenvalue weighted by Crippen LogP contribution is -2.10. The number of para-hydroxylation sites is 1. The Balaban J connectivity index is 1.58. The third-order valence-electron chi connectivity index (χ3n) is 5.18. The van der Waals surface area contributed by atoms with E-state index in [0.717, 1.165) is 36.3 Å². The molecule has 6 nitrogen and oxygen atoms in total. The summed E-state index contributed by atoms with van der Waals surface area (Å²) in [5.41, 5.74) is 2.73. The molecule has 0 radical (unpaired) electrons. The molecule has 3 aromatic rings. The molecule has 1 aliphatic rings. The van der Waals surface area contributed by atoms with E-state index in [0.29, 0.717) is 22.4 Å². The van der Waals surface area contributed by atoms with Gasteiger partial charge in [0.25, 0.3) is 0 Å². The van der Waals surface area contributed by atoms with Gasteiger partial charge >= 0.3 is 0 Å². The summed E-state index contributed by atoms with van der Waals surface area (Å²) in [6.07, 6.45) is 4.55. The van der Waals surface area contributed by atoms with Gasteiger partial charge in [0.15, 0.2) is 0 Å². The van der Waals surface area contributed by atoms with Crippen LogP contribution in [0.4, 0.5) is 23.0 Å². The van der Waals surface area contributed by atoms with Gasteiger partial charge in [0.1, 0.15) is 18.8 Å². The number of nitrogens with one attached hydrogen (secondary N) is 3. The Morgan fingerprint density at radius 2 is 1.87 bits per heavy atom. The molecule has 156 valence electrons. The first-order chi connectivity index (χ1) is 14.4. The molecule has 0 spiro atoms. The number of anilines is 4. The number of hydrogen-bond donors (Lipinski definition) is 3. The molecule has 0 saturated carbocycles. The highest BCUT2D eigenvalue weighted by Crippen LogP contribution is 2.39. The lowest BCUT2D eigenvalue weighted by Gasteiger charge is -2.16. The van der Waals surface area contributed by atoms with Crippen molar-refractivity contribution in [1.82, 2.24) is 15.3 Å². The minimum atomic E-state index is -2.44. The average molecular weight is 442 g/mol. The van der Waals surface area contributed by atoms with Gasteiger partial charge < -0.3 is 20.5 Å². The zero-order valence-corrected chi connectivity index (χ0v) is 18.7. The summed E-state index contributed by atoms with van der Waals surface area (Å²) in [4.78, 5) is 8.81. The van der Waals surface area contributed by atoms with Crippen LogP contribution >= 0.6 is 18.7 Å². The summed E-state index contributed by atoms with van der Waals surface area (Å²) in [6, 6.07) is 13.5. The maximum Gasteiger partial charge on any atom is 0.133 e. The third kappa shape index (κ3) is 4.84. The fraction of sp³-hybridized carbons (Fsp3) is 0.273. The largest absolute Gasteiger partial charge is 0.354 e. The zero-order chi connectivity index (χ0) is 21.1. The molecule has 0 bridgehead atoms. The lowest BCUT2D eigenvalue weighted by molar-refractivity contribution is 0.588. The first-order valence-corrected chi connectivity index (χ1v) is 12.9. The number of hydrogen-bond acceptors (Lipinski definition) is 6. The standard InChI is InChI=1S/C22H25ClN5OP/c1-30(2,29)20-6-4-3-5-18(20)27-19-12-22(26-14-17(19)23)28-21-11-15(8-10-25-21)16-7-9-24-13-16/h3-6,8,10-12,14,16,24H,7,9,13H2,1-2H3,(H2,25,26,27,28). The van der Waals surface area contributed by atoms with Crippen molar-refractivity contribution in [3.05, 3.63) is 65.4 Å². The minimum Gasteiger partial charge on any atom is -0.354 e. The van der Waals surface area contributed by atoms with E-state index in [1.165, 1.54) is 5.56 Å². The first-order valence-electron chi connectivity index (χ1n) is 9.91. The van der Waals surface area contributed by atoms with Crippen molar-refractivity contribution in [3.63, 3.8) is 0 Å².